The zero-order valence-corrected chi connectivity index (χ0v) is 11.8. The minimum Gasteiger partial charge on any atom is -0.481 e. The molecule has 112 valence electrons. The number of methoxy groups -OCH3 is 1. The summed E-state index contributed by atoms with van der Waals surface area (Å²) in [6.07, 6.45) is -0.763. The molecule has 0 saturated carbocycles. The molecule has 0 spiro atoms. The fourth-order valence-corrected chi connectivity index (χ4v) is 1.96. The molecule has 0 aliphatic rings. The predicted molar refractivity (Wildman–Crippen MR) is 71.3 cm³/mol. The zero-order valence-electron chi connectivity index (χ0n) is 11.0. The number of benzene rings is 1. The van der Waals surface area contributed by atoms with Gasteiger partial charge >= 0.3 is 5.97 Å². The highest BCUT2D eigenvalue weighted by molar-refractivity contribution is 6.31. The normalized spacial score (nSPS) is 12.3. The van der Waals surface area contributed by atoms with Crippen molar-refractivity contribution in [1.29, 1.82) is 0 Å². The van der Waals surface area contributed by atoms with Gasteiger partial charge in [-0.2, -0.15) is 0 Å². The quantitative estimate of drug-likeness (QED) is 0.871. The molecule has 0 amide bonds. The van der Waals surface area contributed by atoms with E-state index in [2.05, 4.69) is 15.5 Å². The summed E-state index contributed by atoms with van der Waals surface area (Å²) in [5.74, 6) is -1.18. The smallest absolute Gasteiger partial charge is 0.306 e. The van der Waals surface area contributed by atoms with Gasteiger partial charge in [0.05, 0.1) is 24.1 Å². The van der Waals surface area contributed by atoms with Gasteiger partial charge in [-0.1, -0.05) is 11.6 Å². The van der Waals surface area contributed by atoms with Gasteiger partial charge in [0.2, 0.25) is 0 Å². The van der Waals surface area contributed by atoms with E-state index in [-0.39, 0.29) is 18.0 Å². The number of aromatic nitrogens is 4. The molecule has 2 rings (SSSR count). The molecule has 1 atom stereocenters. The van der Waals surface area contributed by atoms with Gasteiger partial charge < -0.3 is 9.84 Å². The van der Waals surface area contributed by atoms with Crippen molar-refractivity contribution in [2.75, 3.05) is 7.11 Å². The minimum atomic E-state index is -0.985. The first-order chi connectivity index (χ1) is 10.0. The number of carboxylic acids is 1. The second kappa shape index (κ2) is 6.59. The van der Waals surface area contributed by atoms with Crippen molar-refractivity contribution in [3.05, 3.63) is 29.0 Å². The second-order valence-corrected chi connectivity index (χ2v) is 4.68. The molecule has 0 aliphatic heterocycles. The molecule has 21 heavy (non-hydrogen) atoms. The molecule has 0 radical (unpaired) electrons. The van der Waals surface area contributed by atoms with Crippen molar-refractivity contribution in [2.45, 2.75) is 19.1 Å². The Kier molecular flexibility index (Phi) is 4.81. The fourth-order valence-electron chi connectivity index (χ4n) is 1.78. The van der Waals surface area contributed by atoms with Crippen molar-refractivity contribution in [2.24, 2.45) is 0 Å². The van der Waals surface area contributed by atoms with Crippen molar-refractivity contribution in [3.63, 3.8) is 0 Å². The third-order valence-electron chi connectivity index (χ3n) is 2.82. The molecule has 1 aromatic heterocycles. The topological polar surface area (TPSA) is 90.1 Å². The lowest BCUT2D eigenvalue weighted by atomic mass is 10.2. The number of hydrogen-bond donors (Lipinski definition) is 1. The van der Waals surface area contributed by atoms with E-state index in [0.717, 1.165) is 0 Å². The first kappa shape index (κ1) is 15.3. The molecule has 1 heterocycles. The van der Waals surface area contributed by atoms with Crippen LogP contribution in [0.2, 0.25) is 5.02 Å². The molecular formula is C12H12ClFN4O3. The number of rotatable bonds is 6. The lowest BCUT2D eigenvalue weighted by molar-refractivity contribution is -0.140. The van der Waals surface area contributed by atoms with Crippen LogP contribution in [0.5, 0.6) is 0 Å². The van der Waals surface area contributed by atoms with E-state index in [1.54, 1.807) is 0 Å². The number of ether oxygens (including phenoxy) is 1. The molecular weight excluding hydrogens is 303 g/mol. The van der Waals surface area contributed by atoms with Crippen LogP contribution in [-0.2, 0) is 16.1 Å². The Labute approximate surface area is 124 Å². The van der Waals surface area contributed by atoms with E-state index in [1.165, 1.54) is 30.0 Å². The highest BCUT2D eigenvalue weighted by Crippen LogP contribution is 2.23. The minimum absolute atomic E-state index is 0.0455. The maximum atomic E-state index is 13.2. The zero-order chi connectivity index (χ0) is 15.4. The van der Waals surface area contributed by atoms with E-state index in [9.17, 15) is 9.18 Å². The SMILES string of the molecule is COC(CC(=O)O)Cn1nnnc1-c1ccc(F)c(Cl)c1. The number of hydrogen-bond acceptors (Lipinski definition) is 5. The van der Waals surface area contributed by atoms with Gasteiger partial charge in [0.1, 0.15) is 5.82 Å². The molecule has 2 aromatic rings. The number of carbonyl (C=O) groups is 1. The summed E-state index contributed by atoms with van der Waals surface area (Å²) in [7, 11) is 1.41. The summed E-state index contributed by atoms with van der Waals surface area (Å²) in [6.45, 7) is 0.153. The lowest BCUT2D eigenvalue weighted by Gasteiger charge is -2.13. The molecule has 9 heteroatoms. The molecule has 7 nitrogen and oxygen atoms in total. The highest BCUT2D eigenvalue weighted by Gasteiger charge is 2.18. The number of nitrogens with zero attached hydrogens (tertiary/aromatic N) is 4. The third-order valence-corrected chi connectivity index (χ3v) is 3.11. The van der Waals surface area contributed by atoms with Gasteiger partial charge in [0, 0.05) is 12.7 Å². The molecule has 1 N–H and O–H groups in total. The maximum absolute atomic E-state index is 13.2. The second-order valence-electron chi connectivity index (χ2n) is 4.27. The molecule has 0 saturated heterocycles. The number of aliphatic carboxylic acids is 1. The van der Waals surface area contributed by atoms with E-state index >= 15 is 0 Å². The summed E-state index contributed by atoms with van der Waals surface area (Å²) in [5, 5.41) is 19.9. The van der Waals surface area contributed by atoms with Gasteiger partial charge in [0.15, 0.2) is 5.82 Å². The average molecular weight is 315 g/mol. The monoisotopic (exact) mass is 314 g/mol. The first-order valence-electron chi connectivity index (χ1n) is 5.97. The highest BCUT2D eigenvalue weighted by atomic mass is 35.5. The predicted octanol–water partition coefficient (Wildman–Crippen LogP) is 1.62. The Balaban J connectivity index is 2.25. The van der Waals surface area contributed by atoms with Crippen LogP contribution in [0.3, 0.4) is 0 Å². The Morgan fingerprint density at radius 2 is 2.33 bits per heavy atom. The fraction of sp³-hybridized carbons (Fsp3) is 0.333. The standard InChI is InChI=1S/C12H12ClFN4O3/c1-21-8(5-11(19)20)6-18-12(15-16-17-18)7-2-3-10(14)9(13)4-7/h2-4,8H,5-6H2,1H3,(H,19,20). The molecule has 0 aliphatic carbocycles. The van der Waals surface area contributed by atoms with Crippen molar-refractivity contribution < 1.29 is 19.0 Å². The van der Waals surface area contributed by atoms with Crippen molar-refractivity contribution >= 4 is 17.6 Å². The maximum Gasteiger partial charge on any atom is 0.306 e. The Morgan fingerprint density at radius 1 is 1.57 bits per heavy atom. The van der Waals surface area contributed by atoms with Crippen LogP contribution in [0.1, 0.15) is 6.42 Å². The Morgan fingerprint density at radius 3 is 2.95 bits per heavy atom. The van der Waals surface area contributed by atoms with Crippen LogP contribution < -0.4 is 0 Å². The Hall–Kier alpha value is -2.06. The molecule has 0 fully saturated rings. The Bertz CT molecular complexity index is 649. The van der Waals surface area contributed by atoms with Crippen LogP contribution >= 0.6 is 11.6 Å². The number of halogens is 2. The number of tetrazole rings is 1. The summed E-state index contributed by atoms with van der Waals surface area (Å²) in [4.78, 5) is 10.7. The molecule has 1 unspecified atom stereocenters. The van der Waals surface area contributed by atoms with Gasteiger partial charge in [-0.05, 0) is 28.6 Å². The van der Waals surface area contributed by atoms with Crippen molar-refractivity contribution in [3.8, 4) is 11.4 Å². The average Bonchev–Trinajstić information content (AvgIpc) is 2.88. The van der Waals surface area contributed by atoms with E-state index in [0.29, 0.717) is 11.4 Å². The molecule has 1 aromatic carbocycles. The van der Waals surface area contributed by atoms with Crippen molar-refractivity contribution in [1.82, 2.24) is 20.2 Å². The molecule has 0 bridgehead atoms. The largest absolute Gasteiger partial charge is 0.481 e. The summed E-state index contributed by atoms with van der Waals surface area (Å²) < 4.78 is 19.6. The third kappa shape index (κ3) is 3.73. The van der Waals surface area contributed by atoms with Crippen LogP contribution in [0.4, 0.5) is 4.39 Å². The van der Waals surface area contributed by atoms with E-state index in [4.69, 9.17) is 21.4 Å². The van der Waals surface area contributed by atoms with Gasteiger partial charge in [-0.3, -0.25) is 4.79 Å². The summed E-state index contributed by atoms with van der Waals surface area (Å²) in [5.41, 5.74) is 0.525. The first-order valence-corrected chi connectivity index (χ1v) is 6.35. The van der Waals surface area contributed by atoms with Gasteiger partial charge in [-0.15, -0.1) is 5.10 Å². The van der Waals surface area contributed by atoms with Gasteiger partial charge in [0.25, 0.3) is 0 Å². The van der Waals surface area contributed by atoms with Crippen LogP contribution in [-0.4, -0.2) is 44.5 Å². The summed E-state index contributed by atoms with van der Waals surface area (Å²) >= 11 is 5.73. The van der Waals surface area contributed by atoms with Crippen LogP contribution in [0.25, 0.3) is 11.4 Å². The summed E-state index contributed by atoms with van der Waals surface area (Å²) in [6, 6.07) is 4.10. The van der Waals surface area contributed by atoms with Crippen LogP contribution in [0.15, 0.2) is 18.2 Å². The lowest BCUT2D eigenvalue weighted by Crippen LogP contribution is -2.23. The number of carboxylic acid groups (broad SMARTS) is 1. The van der Waals surface area contributed by atoms with E-state index in [1.807, 2.05) is 0 Å². The van der Waals surface area contributed by atoms with Crippen LogP contribution in [0, 0.1) is 5.82 Å². The van der Waals surface area contributed by atoms with E-state index < -0.39 is 17.9 Å². The van der Waals surface area contributed by atoms with Gasteiger partial charge in [-0.25, -0.2) is 9.07 Å².